The van der Waals surface area contributed by atoms with Crippen molar-refractivity contribution in [1.29, 1.82) is 0 Å². The molecule has 0 aliphatic heterocycles. The van der Waals surface area contributed by atoms with Gasteiger partial charge in [-0.05, 0) is 57.4 Å². The Kier molecular flexibility index (Phi) is 54.7. The quantitative estimate of drug-likeness (QED) is 0.0205. The van der Waals surface area contributed by atoms with Crippen LogP contribution in [0.2, 0.25) is 0 Å². The number of unbranched alkanes of at least 4 members (excludes halogenated alkanes) is 42. The molecule has 2 N–H and O–H groups in total. The van der Waals surface area contributed by atoms with Crippen molar-refractivity contribution in [3.63, 3.8) is 0 Å². The number of hydrogen-bond acceptors (Lipinski definition) is 6. The standard InChI is InChI=1S/C65H127N2O7P/c1-7-10-13-16-19-22-25-28-30-31-32-33-34-35-36-37-38-40-43-46-49-52-55-58-65(69)74-63(56-53-50-47-44-41-27-24-21-18-15-12-9-3)62(61-73-75(70,71)72-60-59-67(4,5)6)66-64(68)57-54-51-48-45-42-39-29-26-23-20-17-14-11-8-2/h39,42,53,56,62-63H,7-38,40-41,43-52,54-55,57-61H2,1-6H3,(H-,66,68,70,71)/p+1/b42-39-,56-53-. The third-order valence-electron chi connectivity index (χ3n) is 14.9. The lowest BCUT2D eigenvalue weighted by molar-refractivity contribution is -0.870. The second kappa shape index (κ2) is 55.8. The molecule has 0 bridgehead atoms. The summed E-state index contributed by atoms with van der Waals surface area (Å²) in [6.45, 7) is 7.04. The number of nitrogens with one attached hydrogen (secondary N) is 1. The van der Waals surface area contributed by atoms with E-state index in [2.05, 4.69) is 38.2 Å². The summed E-state index contributed by atoms with van der Waals surface area (Å²) >= 11 is 0. The van der Waals surface area contributed by atoms with Crippen molar-refractivity contribution in [2.75, 3.05) is 40.9 Å². The maximum absolute atomic E-state index is 13.5. The maximum atomic E-state index is 13.5. The molecule has 0 heterocycles. The SMILES string of the molecule is CCCCCCCCC/C=C\CCCCCC(=O)NC(COP(=O)(O)OCC[N+](C)(C)C)C(/C=C\CCCCCCCCCCCC)OC(=O)CCCCCCCCCCCCCCCCCCCCCCCCC. The summed E-state index contributed by atoms with van der Waals surface area (Å²) in [5.41, 5.74) is 0. The zero-order valence-electron chi connectivity index (χ0n) is 50.8. The Labute approximate surface area is 466 Å². The van der Waals surface area contributed by atoms with Gasteiger partial charge in [-0.2, -0.15) is 0 Å². The van der Waals surface area contributed by atoms with Crippen molar-refractivity contribution in [3.8, 4) is 0 Å². The van der Waals surface area contributed by atoms with Crippen molar-refractivity contribution in [2.24, 2.45) is 0 Å². The molecule has 0 aliphatic carbocycles. The van der Waals surface area contributed by atoms with Crippen LogP contribution in [0.1, 0.15) is 329 Å². The molecule has 0 aromatic rings. The fourth-order valence-corrected chi connectivity index (χ4v) is 10.6. The van der Waals surface area contributed by atoms with Crippen molar-refractivity contribution >= 4 is 19.7 Å². The van der Waals surface area contributed by atoms with Gasteiger partial charge in [0.05, 0.1) is 33.8 Å². The van der Waals surface area contributed by atoms with Crippen LogP contribution in [0.3, 0.4) is 0 Å². The first-order valence-electron chi connectivity index (χ1n) is 32.7. The summed E-state index contributed by atoms with van der Waals surface area (Å²) in [7, 11) is 1.50. The van der Waals surface area contributed by atoms with Gasteiger partial charge in [-0.1, -0.05) is 283 Å². The molecule has 3 atom stereocenters. The van der Waals surface area contributed by atoms with Gasteiger partial charge in [0.2, 0.25) is 5.91 Å². The van der Waals surface area contributed by atoms with Crippen LogP contribution in [0.4, 0.5) is 0 Å². The third kappa shape index (κ3) is 57.0. The van der Waals surface area contributed by atoms with Crippen molar-refractivity contribution in [2.45, 2.75) is 341 Å². The largest absolute Gasteiger partial charge is 0.472 e. The number of nitrogens with zero attached hydrogens (tertiary/aromatic N) is 1. The zero-order valence-corrected chi connectivity index (χ0v) is 51.7. The highest BCUT2D eigenvalue weighted by Crippen LogP contribution is 2.43. The van der Waals surface area contributed by atoms with E-state index in [0.29, 0.717) is 23.9 Å². The third-order valence-corrected chi connectivity index (χ3v) is 15.9. The predicted octanol–water partition coefficient (Wildman–Crippen LogP) is 20.1. The number of amides is 1. The normalized spacial score (nSPS) is 13.7. The molecule has 10 heteroatoms. The lowest BCUT2D eigenvalue weighted by Gasteiger charge is -2.27. The number of allylic oxidation sites excluding steroid dienone is 3. The molecule has 0 radical (unpaired) electrons. The first kappa shape index (κ1) is 73.5. The number of carbonyl (C=O) groups excluding carboxylic acids is 2. The second-order valence-electron chi connectivity index (χ2n) is 23.6. The molecule has 9 nitrogen and oxygen atoms in total. The molecule has 0 aliphatic rings. The lowest BCUT2D eigenvalue weighted by atomic mass is 10.0. The van der Waals surface area contributed by atoms with E-state index in [1.54, 1.807) is 0 Å². The highest BCUT2D eigenvalue weighted by molar-refractivity contribution is 7.47. The van der Waals surface area contributed by atoms with Crippen molar-refractivity contribution in [1.82, 2.24) is 5.32 Å². The minimum Gasteiger partial charge on any atom is -0.456 e. The summed E-state index contributed by atoms with van der Waals surface area (Å²) in [5.74, 6) is -0.506. The Balaban J connectivity index is 5.10. The number of phosphoric acid groups is 1. The van der Waals surface area contributed by atoms with E-state index in [1.165, 1.54) is 225 Å². The van der Waals surface area contributed by atoms with Crippen molar-refractivity contribution in [3.05, 3.63) is 24.3 Å². The summed E-state index contributed by atoms with van der Waals surface area (Å²) in [6.07, 6.45) is 66.2. The van der Waals surface area contributed by atoms with Gasteiger partial charge in [0.1, 0.15) is 19.3 Å². The van der Waals surface area contributed by atoms with Gasteiger partial charge in [-0.3, -0.25) is 18.6 Å². The molecular formula is C65H128N2O7P+. The number of carbonyl (C=O) groups is 2. The fourth-order valence-electron chi connectivity index (χ4n) is 9.82. The smallest absolute Gasteiger partial charge is 0.456 e. The molecule has 0 spiro atoms. The van der Waals surface area contributed by atoms with Crippen LogP contribution < -0.4 is 5.32 Å². The van der Waals surface area contributed by atoms with E-state index in [0.717, 1.165) is 70.6 Å². The lowest BCUT2D eigenvalue weighted by Crippen LogP contribution is -2.47. The molecular weight excluding hydrogens is 952 g/mol. The number of quaternary nitrogens is 1. The summed E-state index contributed by atoms with van der Waals surface area (Å²) in [5, 5.41) is 3.05. The molecule has 0 saturated heterocycles. The number of hydrogen-bond donors (Lipinski definition) is 2. The first-order chi connectivity index (χ1) is 36.4. The average Bonchev–Trinajstić information content (AvgIpc) is 3.37. The molecule has 1 amide bonds. The van der Waals surface area contributed by atoms with E-state index < -0.39 is 20.0 Å². The Morgan fingerprint density at radius 3 is 1.15 bits per heavy atom. The van der Waals surface area contributed by atoms with E-state index in [9.17, 15) is 19.0 Å². The number of phosphoric ester groups is 1. The molecule has 0 aromatic heterocycles. The number of rotatable bonds is 60. The van der Waals surface area contributed by atoms with Crippen molar-refractivity contribution < 1.29 is 37.3 Å². The number of esters is 1. The van der Waals surface area contributed by atoms with E-state index >= 15 is 0 Å². The molecule has 0 aromatic carbocycles. The summed E-state index contributed by atoms with van der Waals surface area (Å²) in [6, 6.07) is -0.850. The Morgan fingerprint density at radius 1 is 0.453 bits per heavy atom. The number of likely N-dealkylation sites (N-methyl/N-ethyl adjacent to an activating group) is 1. The van der Waals surface area contributed by atoms with E-state index in [-0.39, 0.29) is 25.1 Å². The zero-order chi connectivity index (χ0) is 55.0. The van der Waals surface area contributed by atoms with E-state index in [1.807, 2.05) is 33.3 Å². The average molecular weight is 1080 g/mol. The Hall–Kier alpha value is -1.51. The molecule has 444 valence electrons. The first-order valence-corrected chi connectivity index (χ1v) is 34.2. The summed E-state index contributed by atoms with van der Waals surface area (Å²) < 4.78 is 30.7. The molecule has 0 saturated carbocycles. The van der Waals surface area contributed by atoms with Crippen LogP contribution in [0, 0.1) is 0 Å². The maximum Gasteiger partial charge on any atom is 0.472 e. The van der Waals surface area contributed by atoms with E-state index in [4.69, 9.17) is 13.8 Å². The highest BCUT2D eigenvalue weighted by Gasteiger charge is 2.30. The van der Waals surface area contributed by atoms with Gasteiger partial charge in [0.15, 0.2) is 0 Å². The van der Waals surface area contributed by atoms with Gasteiger partial charge < -0.3 is 19.4 Å². The van der Waals surface area contributed by atoms with Crippen LogP contribution in [-0.2, 0) is 27.9 Å². The van der Waals surface area contributed by atoms with Gasteiger partial charge in [0, 0.05) is 12.8 Å². The molecule has 0 fully saturated rings. The topological polar surface area (TPSA) is 111 Å². The van der Waals surface area contributed by atoms with Gasteiger partial charge >= 0.3 is 13.8 Å². The Bertz CT molecular complexity index is 1340. The van der Waals surface area contributed by atoms with Gasteiger partial charge in [-0.15, -0.1) is 0 Å². The Morgan fingerprint density at radius 2 is 0.773 bits per heavy atom. The molecule has 75 heavy (non-hydrogen) atoms. The van der Waals surface area contributed by atoms with Crippen LogP contribution in [0.15, 0.2) is 24.3 Å². The minimum absolute atomic E-state index is 0.0410. The van der Waals surface area contributed by atoms with Crippen LogP contribution in [0.5, 0.6) is 0 Å². The van der Waals surface area contributed by atoms with Gasteiger partial charge in [-0.25, -0.2) is 4.57 Å². The number of ether oxygens (including phenoxy) is 1. The van der Waals surface area contributed by atoms with Crippen LogP contribution in [0.25, 0.3) is 0 Å². The van der Waals surface area contributed by atoms with Gasteiger partial charge in [0.25, 0.3) is 0 Å². The second-order valence-corrected chi connectivity index (χ2v) is 25.1. The van der Waals surface area contributed by atoms with Crippen LogP contribution in [-0.4, -0.2) is 74.3 Å². The fraction of sp³-hybridized carbons (Fsp3) is 0.908. The monoisotopic (exact) mass is 1080 g/mol. The van der Waals surface area contributed by atoms with Crippen LogP contribution >= 0.6 is 7.82 Å². The predicted molar refractivity (Wildman–Crippen MR) is 323 cm³/mol. The highest BCUT2D eigenvalue weighted by atomic mass is 31.2. The molecule has 0 rings (SSSR count). The molecule has 3 unspecified atom stereocenters. The summed E-state index contributed by atoms with van der Waals surface area (Å²) in [4.78, 5) is 37.7. The minimum atomic E-state index is -4.45.